The number of hydrogen-bond acceptors (Lipinski definition) is 1. The summed E-state index contributed by atoms with van der Waals surface area (Å²) in [5, 5.41) is 5.00. The van der Waals surface area contributed by atoms with Crippen LogP contribution in [0.25, 0.3) is 32.6 Å². The highest BCUT2D eigenvalue weighted by Crippen LogP contribution is 2.29. The highest BCUT2D eigenvalue weighted by molar-refractivity contribution is 6.09. The minimum atomic E-state index is 1.03. The van der Waals surface area contributed by atoms with E-state index in [-0.39, 0.29) is 0 Å². The maximum atomic E-state index is 4.91. The molecule has 1 heteroatoms. The largest absolute Gasteiger partial charge is 0.247 e. The molecular weight excluding hydrogens is 242 g/mol. The molecule has 1 nitrogen and oxygen atoms in total. The van der Waals surface area contributed by atoms with E-state index in [1.165, 1.54) is 27.1 Å². The molecular formula is C19H15N. The summed E-state index contributed by atoms with van der Waals surface area (Å²) in [6, 6.07) is 21.5. The minimum Gasteiger partial charge on any atom is -0.247 e. The van der Waals surface area contributed by atoms with E-state index in [1.54, 1.807) is 0 Å². The number of pyridine rings is 1. The number of rotatable bonds is 1. The zero-order chi connectivity index (χ0) is 13.5. The average molecular weight is 257 g/mol. The highest BCUT2D eigenvalue weighted by atomic mass is 14.7. The van der Waals surface area contributed by atoms with E-state index in [2.05, 4.69) is 61.5 Å². The van der Waals surface area contributed by atoms with Crippen LogP contribution in [-0.4, -0.2) is 4.98 Å². The quantitative estimate of drug-likeness (QED) is 0.341. The van der Waals surface area contributed by atoms with Crippen LogP contribution in [0.15, 0.2) is 60.7 Å². The molecule has 4 rings (SSSR count). The average Bonchev–Trinajstić information content (AvgIpc) is 2.52. The van der Waals surface area contributed by atoms with Gasteiger partial charge < -0.3 is 0 Å². The molecule has 0 spiro atoms. The van der Waals surface area contributed by atoms with Gasteiger partial charge in [-0.15, -0.1) is 0 Å². The Morgan fingerprint density at radius 2 is 1.60 bits per heavy atom. The van der Waals surface area contributed by atoms with Gasteiger partial charge in [0.2, 0.25) is 0 Å². The van der Waals surface area contributed by atoms with E-state index in [4.69, 9.17) is 4.98 Å². The van der Waals surface area contributed by atoms with Crippen LogP contribution in [0.2, 0.25) is 0 Å². The van der Waals surface area contributed by atoms with E-state index in [1.807, 2.05) is 6.07 Å². The first-order chi connectivity index (χ1) is 9.86. The maximum absolute atomic E-state index is 4.91. The Hall–Kier alpha value is -2.41. The Kier molecular flexibility index (Phi) is 2.46. The number of para-hydroxylation sites is 1. The van der Waals surface area contributed by atoms with Gasteiger partial charge in [-0.3, -0.25) is 0 Å². The van der Waals surface area contributed by atoms with Gasteiger partial charge in [0.25, 0.3) is 0 Å². The molecule has 0 aliphatic carbocycles. The molecule has 20 heavy (non-hydrogen) atoms. The summed E-state index contributed by atoms with van der Waals surface area (Å²) in [4.78, 5) is 4.91. The first-order valence-corrected chi connectivity index (χ1v) is 7.07. The summed E-state index contributed by atoms with van der Waals surface area (Å²) in [5.74, 6) is 0. The zero-order valence-corrected chi connectivity index (χ0v) is 11.4. The van der Waals surface area contributed by atoms with Crippen molar-refractivity contribution < 1.29 is 0 Å². The fourth-order valence-electron chi connectivity index (χ4n) is 2.98. The summed E-state index contributed by atoms with van der Waals surface area (Å²) in [5.41, 5.74) is 3.56. The van der Waals surface area contributed by atoms with Crippen LogP contribution < -0.4 is 0 Å². The fraction of sp³-hybridized carbons (Fsp3) is 0.105. The third kappa shape index (κ3) is 1.60. The van der Waals surface area contributed by atoms with E-state index in [9.17, 15) is 0 Å². The third-order valence-electron chi connectivity index (χ3n) is 4.00. The Labute approximate surface area is 117 Å². The SMILES string of the molecule is CCc1cccc2ccc3cc4ccccc4nc3c12. The second-order valence-corrected chi connectivity index (χ2v) is 5.19. The van der Waals surface area contributed by atoms with Crippen LogP contribution in [0, 0.1) is 0 Å². The second kappa shape index (κ2) is 4.31. The summed E-state index contributed by atoms with van der Waals surface area (Å²) >= 11 is 0. The van der Waals surface area contributed by atoms with Crippen molar-refractivity contribution in [3.05, 3.63) is 66.2 Å². The first-order valence-electron chi connectivity index (χ1n) is 7.07. The van der Waals surface area contributed by atoms with Crippen molar-refractivity contribution in [1.82, 2.24) is 4.98 Å². The molecule has 1 heterocycles. The van der Waals surface area contributed by atoms with Crippen LogP contribution in [0.3, 0.4) is 0 Å². The molecule has 1 aromatic heterocycles. The molecule has 3 aromatic carbocycles. The van der Waals surface area contributed by atoms with E-state index < -0.39 is 0 Å². The zero-order valence-electron chi connectivity index (χ0n) is 11.4. The number of hydrogen-bond donors (Lipinski definition) is 0. The molecule has 0 unspecified atom stereocenters. The predicted molar refractivity (Wildman–Crippen MR) is 86.1 cm³/mol. The topological polar surface area (TPSA) is 12.9 Å². The lowest BCUT2D eigenvalue weighted by Gasteiger charge is -2.09. The molecule has 0 radical (unpaired) electrons. The molecule has 0 saturated carbocycles. The van der Waals surface area contributed by atoms with Gasteiger partial charge in [-0.1, -0.05) is 55.5 Å². The molecule has 4 aromatic rings. The van der Waals surface area contributed by atoms with Crippen LogP contribution in [0.1, 0.15) is 12.5 Å². The van der Waals surface area contributed by atoms with Gasteiger partial charge in [0, 0.05) is 16.2 Å². The Balaban J connectivity index is 2.25. The van der Waals surface area contributed by atoms with Crippen molar-refractivity contribution in [3.8, 4) is 0 Å². The van der Waals surface area contributed by atoms with Crippen molar-refractivity contribution in [2.75, 3.05) is 0 Å². The van der Waals surface area contributed by atoms with Crippen LogP contribution in [0.5, 0.6) is 0 Å². The normalized spacial score (nSPS) is 11.4. The summed E-state index contributed by atoms with van der Waals surface area (Å²) in [6.07, 6.45) is 1.03. The molecule has 96 valence electrons. The van der Waals surface area contributed by atoms with Gasteiger partial charge in [-0.2, -0.15) is 0 Å². The van der Waals surface area contributed by atoms with E-state index in [0.717, 1.165) is 17.5 Å². The lowest BCUT2D eigenvalue weighted by Crippen LogP contribution is -1.89. The Morgan fingerprint density at radius 3 is 2.50 bits per heavy atom. The van der Waals surface area contributed by atoms with E-state index in [0.29, 0.717) is 0 Å². The molecule has 0 atom stereocenters. The van der Waals surface area contributed by atoms with Crippen molar-refractivity contribution in [3.63, 3.8) is 0 Å². The molecule has 0 aliphatic rings. The lowest BCUT2D eigenvalue weighted by molar-refractivity contribution is 1.16. The van der Waals surface area contributed by atoms with Gasteiger partial charge in [0.15, 0.2) is 0 Å². The molecule has 0 bridgehead atoms. The number of aromatic nitrogens is 1. The minimum absolute atomic E-state index is 1.03. The summed E-state index contributed by atoms with van der Waals surface area (Å²) in [6.45, 7) is 2.20. The monoisotopic (exact) mass is 257 g/mol. The van der Waals surface area contributed by atoms with Crippen molar-refractivity contribution >= 4 is 32.6 Å². The standard InChI is InChI=1S/C19H15N/c1-2-13-7-5-8-14-10-11-16-12-15-6-3-4-9-17(15)20-19(16)18(13)14/h3-12H,2H2,1H3. The number of benzene rings is 3. The number of aryl methyl sites for hydroxylation is 1. The molecule has 0 saturated heterocycles. The van der Waals surface area contributed by atoms with Crippen molar-refractivity contribution in [2.24, 2.45) is 0 Å². The van der Waals surface area contributed by atoms with Crippen molar-refractivity contribution in [1.29, 1.82) is 0 Å². The van der Waals surface area contributed by atoms with Gasteiger partial charge in [-0.05, 0) is 29.5 Å². The summed E-state index contributed by atoms with van der Waals surface area (Å²) in [7, 11) is 0. The van der Waals surface area contributed by atoms with Gasteiger partial charge in [-0.25, -0.2) is 4.98 Å². The Morgan fingerprint density at radius 1 is 0.800 bits per heavy atom. The Bertz CT molecular complexity index is 938. The number of fused-ring (bicyclic) bond motifs is 4. The van der Waals surface area contributed by atoms with Crippen LogP contribution >= 0.6 is 0 Å². The lowest BCUT2D eigenvalue weighted by atomic mass is 9.99. The summed E-state index contributed by atoms with van der Waals surface area (Å²) < 4.78 is 0. The molecule has 0 fully saturated rings. The van der Waals surface area contributed by atoms with Gasteiger partial charge in [0.05, 0.1) is 11.0 Å². The molecule has 0 aliphatic heterocycles. The van der Waals surface area contributed by atoms with Crippen LogP contribution in [-0.2, 0) is 6.42 Å². The maximum Gasteiger partial charge on any atom is 0.0790 e. The second-order valence-electron chi connectivity index (χ2n) is 5.19. The van der Waals surface area contributed by atoms with Crippen molar-refractivity contribution in [2.45, 2.75) is 13.3 Å². The van der Waals surface area contributed by atoms with Gasteiger partial charge in [0.1, 0.15) is 0 Å². The fourth-order valence-corrected chi connectivity index (χ4v) is 2.98. The van der Waals surface area contributed by atoms with Gasteiger partial charge >= 0.3 is 0 Å². The van der Waals surface area contributed by atoms with E-state index >= 15 is 0 Å². The molecule has 0 N–H and O–H groups in total. The van der Waals surface area contributed by atoms with Crippen LogP contribution in [0.4, 0.5) is 0 Å². The first kappa shape index (κ1) is 11.4. The predicted octanol–water partition coefficient (Wildman–Crippen LogP) is 5.10. The molecule has 0 amide bonds. The number of nitrogens with zero attached hydrogens (tertiary/aromatic N) is 1. The smallest absolute Gasteiger partial charge is 0.0790 e. The third-order valence-corrected chi connectivity index (χ3v) is 4.00. The highest BCUT2D eigenvalue weighted by Gasteiger charge is 2.07.